The molecule has 1 aliphatic rings. The molecule has 2 amide bonds. The van der Waals surface area contributed by atoms with E-state index >= 15 is 0 Å². The molecule has 1 heterocycles. The van der Waals surface area contributed by atoms with Crippen LogP contribution in [0.5, 0.6) is 0 Å². The molecule has 0 aromatic heterocycles. The number of nitrogens with two attached hydrogens (primary N) is 1. The number of anilines is 1. The monoisotopic (exact) mass is 351 g/mol. The number of hydrogen-bond acceptors (Lipinski definition) is 3. The van der Waals surface area contributed by atoms with E-state index < -0.39 is 6.04 Å². The quantitative estimate of drug-likeness (QED) is 0.856. The molecule has 2 rings (SSSR count). The Hall–Kier alpha value is -1.59. The van der Waals surface area contributed by atoms with E-state index in [0.717, 1.165) is 24.1 Å². The molecule has 5 nitrogen and oxygen atoms in total. The second-order valence-corrected chi connectivity index (χ2v) is 7.03. The fourth-order valence-corrected chi connectivity index (χ4v) is 3.22. The summed E-state index contributed by atoms with van der Waals surface area (Å²) in [6, 6.07) is 4.98. The van der Waals surface area contributed by atoms with Crippen molar-refractivity contribution in [3.63, 3.8) is 0 Å². The Morgan fingerprint density at radius 1 is 1.42 bits per heavy atom. The van der Waals surface area contributed by atoms with E-state index in [-0.39, 0.29) is 17.7 Å². The molecule has 1 aromatic carbocycles. The summed E-state index contributed by atoms with van der Waals surface area (Å²) in [7, 11) is 3.47. The molecule has 0 saturated heterocycles. The fourth-order valence-electron chi connectivity index (χ4n) is 3.04. The smallest absolute Gasteiger partial charge is 0.243 e. The minimum atomic E-state index is -0.503. The van der Waals surface area contributed by atoms with Crippen molar-refractivity contribution in [2.45, 2.75) is 44.6 Å². The van der Waals surface area contributed by atoms with Gasteiger partial charge in [-0.15, -0.1) is 0 Å². The van der Waals surface area contributed by atoms with Crippen LogP contribution in [-0.4, -0.2) is 43.4 Å². The highest BCUT2D eigenvalue weighted by Crippen LogP contribution is 2.40. The lowest BCUT2D eigenvalue weighted by atomic mass is 9.97. The lowest BCUT2D eigenvalue weighted by molar-refractivity contribution is -0.129. The molecule has 132 valence electrons. The SMILES string of the molecule is CCCCC(N)C(=O)N1CC(CC(=O)N(C)C)c2cc(Cl)ccc21. The number of carbonyl (C=O) groups is 2. The van der Waals surface area contributed by atoms with Crippen LogP contribution in [0.25, 0.3) is 0 Å². The number of carbonyl (C=O) groups excluding carboxylic acids is 2. The third kappa shape index (κ3) is 4.08. The molecule has 1 aromatic rings. The topological polar surface area (TPSA) is 66.6 Å². The maximum atomic E-state index is 12.7. The minimum Gasteiger partial charge on any atom is -0.349 e. The van der Waals surface area contributed by atoms with Crippen molar-refractivity contribution in [3.8, 4) is 0 Å². The summed E-state index contributed by atoms with van der Waals surface area (Å²) >= 11 is 6.12. The fraction of sp³-hybridized carbons (Fsp3) is 0.556. The van der Waals surface area contributed by atoms with Crippen molar-refractivity contribution < 1.29 is 9.59 Å². The maximum absolute atomic E-state index is 12.7. The first-order valence-electron chi connectivity index (χ1n) is 8.41. The number of rotatable bonds is 6. The van der Waals surface area contributed by atoms with E-state index in [9.17, 15) is 9.59 Å². The maximum Gasteiger partial charge on any atom is 0.243 e. The van der Waals surface area contributed by atoms with Crippen LogP contribution >= 0.6 is 11.6 Å². The summed E-state index contributed by atoms with van der Waals surface area (Å²) in [5.74, 6) is -0.0849. The molecular weight excluding hydrogens is 326 g/mol. The van der Waals surface area contributed by atoms with Gasteiger partial charge in [0.2, 0.25) is 11.8 Å². The third-order valence-corrected chi connectivity index (χ3v) is 4.73. The number of amides is 2. The van der Waals surface area contributed by atoms with Gasteiger partial charge in [-0.2, -0.15) is 0 Å². The Bertz CT molecular complexity index is 618. The standard InChI is InChI=1S/C18H26ClN3O2/c1-4-5-6-15(20)18(24)22-11-12(9-17(23)21(2)3)14-10-13(19)7-8-16(14)22/h7-8,10,12,15H,4-6,9,11,20H2,1-3H3. The van der Waals surface area contributed by atoms with Gasteiger partial charge in [-0.25, -0.2) is 0 Å². The van der Waals surface area contributed by atoms with Crippen LogP contribution in [0, 0.1) is 0 Å². The molecule has 0 saturated carbocycles. The van der Waals surface area contributed by atoms with Gasteiger partial charge in [0.15, 0.2) is 0 Å². The summed E-state index contributed by atoms with van der Waals surface area (Å²) in [6.45, 7) is 2.56. The average Bonchev–Trinajstić information content (AvgIpc) is 2.89. The van der Waals surface area contributed by atoms with E-state index in [0.29, 0.717) is 24.4 Å². The third-order valence-electron chi connectivity index (χ3n) is 4.49. The van der Waals surface area contributed by atoms with Gasteiger partial charge in [-0.1, -0.05) is 31.4 Å². The first-order chi connectivity index (χ1) is 11.3. The number of benzene rings is 1. The highest BCUT2D eigenvalue weighted by Gasteiger charge is 2.35. The summed E-state index contributed by atoms with van der Waals surface area (Å²) in [5.41, 5.74) is 7.85. The van der Waals surface area contributed by atoms with Crippen molar-refractivity contribution >= 4 is 29.1 Å². The van der Waals surface area contributed by atoms with Crippen molar-refractivity contribution in [3.05, 3.63) is 28.8 Å². The van der Waals surface area contributed by atoms with Crippen LogP contribution in [0.3, 0.4) is 0 Å². The highest BCUT2D eigenvalue weighted by atomic mass is 35.5. The highest BCUT2D eigenvalue weighted by molar-refractivity contribution is 6.30. The molecule has 24 heavy (non-hydrogen) atoms. The van der Waals surface area contributed by atoms with E-state index in [1.165, 1.54) is 0 Å². The van der Waals surface area contributed by atoms with Crippen molar-refractivity contribution in [1.29, 1.82) is 0 Å². The van der Waals surface area contributed by atoms with Gasteiger partial charge in [0.25, 0.3) is 0 Å². The molecule has 2 N–H and O–H groups in total. The molecule has 0 aliphatic carbocycles. The largest absolute Gasteiger partial charge is 0.349 e. The number of hydrogen-bond donors (Lipinski definition) is 1. The average molecular weight is 352 g/mol. The lowest BCUT2D eigenvalue weighted by Gasteiger charge is -2.22. The predicted molar refractivity (Wildman–Crippen MR) is 97.4 cm³/mol. The lowest BCUT2D eigenvalue weighted by Crippen LogP contribution is -2.43. The van der Waals surface area contributed by atoms with Gasteiger partial charge in [-0.05, 0) is 30.2 Å². The first-order valence-corrected chi connectivity index (χ1v) is 8.79. The molecule has 0 fully saturated rings. The molecule has 0 spiro atoms. The number of fused-ring (bicyclic) bond motifs is 1. The Labute approximate surface area is 148 Å². The van der Waals surface area contributed by atoms with Gasteiger partial charge in [0, 0.05) is 43.7 Å². The Balaban J connectivity index is 2.23. The Kier molecular flexibility index (Phi) is 6.24. The van der Waals surface area contributed by atoms with Crippen LogP contribution in [0.2, 0.25) is 5.02 Å². The van der Waals surface area contributed by atoms with Gasteiger partial charge < -0.3 is 15.5 Å². The van der Waals surface area contributed by atoms with E-state index in [4.69, 9.17) is 17.3 Å². The Morgan fingerprint density at radius 3 is 2.75 bits per heavy atom. The summed E-state index contributed by atoms with van der Waals surface area (Å²) < 4.78 is 0. The molecule has 0 radical (unpaired) electrons. The number of unbranched alkanes of at least 4 members (excludes halogenated alkanes) is 1. The zero-order chi connectivity index (χ0) is 17.9. The van der Waals surface area contributed by atoms with Gasteiger partial charge in [0.1, 0.15) is 0 Å². The van der Waals surface area contributed by atoms with Crippen molar-refractivity contribution in [2.24, 2.45) is 5.73 Å². The molecule has 0 bridgehead atoms. The van der Waals surface area contributed by atoms with Crippen LogP contribution in [0.4, 0.5) is 5.69 Å². The van der Waals surface area contributed by atoms with Gasteiger partial charge in [0.05, 0.1) is 6.04 Å². The van der Waals surface area contributed by atoms with E-state index in [2.05, 4.69) is 6.92 Å². The zero-order valence-corrected chi connectivity index (χ0v) is 15.3. The number of nitrogens with zero attached hydrogens (tertiary/aromatic N) is 2. The molecule has 1 aliphatic heterocycles. The van der Waals surface area contributed by atoms with E-state index in [1.807, 2.05) is 12.1 Å². The normalized spacial score (nSPS) is 17.5. The number of halogens is 1. The summed E-state index contributed by atoms with van der Waals surface area (Å²) in [6.07, 6.45) is 2.97. The van der Waals surface area contributed by atoms with Gasteiger partial charge >= 0.3 is 0 Å². The van der Waals surface area contributed by atoms with Crippen LogP contribution in [-0.2, 0) is 9.59 Å². The van der Waals surface area contributed by atoms with Crippen LogP contribution < -0.4 is 10.6 Å². The second-order valence-electron chi connectivity index (χ2n) is 6.59. The zero-order valence-electron chi connectivity index (χ0n) is 14.6. The van der Waals surface area contributed by atoms with Crippen LogP contribution in [0.15, 0.2) is 18.2 Å². The van der Waals surface area contributed by atoms with Crippen LogP contribution in [0.1, 0.15) is 44.1 Å². The molecule has 6 heteroatoms. The minimum absolute atomic E-state index is 0.0375. The predicted octanol–water partition coefficient (Wildman–Crippen LogP) is 2.77. The molecular formula is C18H26ClN3O2. The summed E-state index contributed by atoms with van der Waals surface area (Å²) in [4.78, 5) is 28.1. The second kappa shape index (κ2) is 7.99. The summed E-state index contributed by atoms with van der Waals surface area (Å²) in [5, 5.41) is 0.612. The first kappa shape index (κ1) is 18.7. The van der Waals surface area contributed by atoms with E-state index in [1.54, 1.807) is 30.0 Å². The van der Waals surface area contributed by atoms with Crippen molar-refractivity contribution in [1.82, 2.24) is 4.90 Å². The van der Waals surface area contributed by atoms with Gasteiger partial charge in [-0.3, -0.25) is 9.59 Å². The van der Waals surface area contributed by atoms with Crippen molar-refractivity contribution in [2.75, 3.05) is 25.5 Å². The molecule has 2 unspecified atom stereocenters. The Morgan fingerprint density at radius 2 is 2.12 bits per heavy atom. The molecule has 2 atom stereocenters.